The van der Waals surface area contributed by atoms with Gasteiger partial charge >= 0.3 is 0 Å². The summed E-state index contributed by atoms with van der Waals surface area (Å²) < 4.78 is 8.58. The van der Waals surface area contributed by atoms with Crippen LogP contribution in [-0.4, -0.2) is 9.78 Å². The Balaban J connectivity index is 2.24. The molecule has 1 aromatic carbocycles. The molecule has 0 aliphatic rings. The van der Waals surface area contributed by atoms with Crippen LogP contribution < -0.4 is 4.74 Å². The van der Waals surface area contributed by atoms with E-state index < -0.39 is 0 Å². The molecule has 0 spiro atoms. The topological polar surface area (TPSA) is 27.1 Å². The molecule has 2 aromatic rings. The Hall–Kier alpha value is -0.520. The Morgan fingerprint density at radius 3 is 2.74 bits per heavy atom. The second-order valence-corrected chi connectivity index (χ2v) is 5.91. The summed E-state index contributed by atoms with van der Waals surface area (Å²) in [6.07, 6.45) is 0. The Bertz CT molecular complexity index is 599. The van der Waals surface area contributed by atoms with E-state index in [4.69, 9.17) is 16.3 Å². The predicted octanol–water partition coefficient (Wildman–Crippen LogP) is 4.62. The van der Waals surface area contributed by atoms with Crippen molar-refractivity contribution in [3.8, 4) is 5.75 Å². The van der Waals surface area contributed by atoms with Gasteiger partial charge in [-0.1, -0.05) is 39.7 Å². The molecule has 0 fully saturated rings. The lowest BCUT2D eigenvalue weighted by molar-refractivity contribution is 0.291. The molecule has 0 radical (unpaired) electrons. The summed E-state index contributed by atoms with van der Waals surface area (Å²) in [6.45, 7) is 2.27. The fourth-order valence-electron chi connectivity index (χ4n) is 1.80. The minimum atomic E-state index is 0.388. The van der Waals surface area contributed by atoms with Crippen molar-refractivity contribution in [2.45, 2.75) is 18.9 Å². The first-order chi connectivity index (χ1) is 9.04. The number of aryl methyl sites for hydroxylation is 2. The van der Waals surface area contributed by atoms with Gasteiger partial charge in [-0.3, -0.25) is 4.68 Å². The maximum absolute atomic E-state index is 6.21. The van der Waals surface area contributed by atoms with Crippen LogP contribution in [0, 0.1) is 6.92 Å². The fraction of sp³-hybridized carbons (Fsp3) is 0.308. The van der Waals surface area contributed by atoms with E-state index in [0.717, 1.165) is 32.5 Å². The monoisotopic (exact) mass is 406 g/mol. The molecule has 0 amide bonds. The number of aromatic nitrogens is 2. The molecule has 19 heavy (non-hydrogen) atoms. The normalized spacial score (nSPS) is 10.8. The Morgan fingerprint density at radius 2 is 2.16 bits per heavy atom. The molecule has 0 saturated carbocycles. The number of benzene rings is 1. The lowest BCUT2D eigenvalue weighted by atomic mass is 10.2. The van der Waals surface area contributed by atoms with Gasteiger partial charge in [-0.2, -0.15) is 5.10 Å². The van der Waals surface area contributed by atoms with E-state index in [9.17, 15) is 0 Å². The summed E-state index contributed by atoms with van der Waals surface area (Å²) in [5.74, 6) is 0.828. The van der Waals surface area contributed by atoms with E-state index in [1.807, 2.05) is 32.2 Å². The van der Waals surface area contributed by atoms with Crippen molar-refractivity contribution in [3.63, 3.8) is 0 Å². The Labute approximate surface area is 134 Å². The van der Waals surface area contributed by atoms with Gasteiger partial charge in [-0.15, -0.1) is 0 Å². The number of alkyl halides is 1. The minimum Gasteiger partial charge on any atom is -0.486 e. The van der Waals surface area contributed by atoms with Crippen molar-refractivity contribution < 1.29 is 4.74 Å². The Kier molecular flexibility index (Phi) is 4.92. The summed E-state index contributed by atoms with van der Waals surface area (Å²) in [5.41, 5.74) is 2.77. The zero-order chi connectivity index (χ0) is 14.0. The van der Waals surface area contributed by atoms with Crippen LogP contribution in [0.3, 0.4) is 0 Å². The molecule has 102 valence electrons. The van der Waals surface area contributed by atoms with Gasteiger partial charge in [0, 0.05) is 17.9 Å². The number of hydrogen-bond donors (Lipinski definition) is 0. The van der Waals surface area contributed by atoms with E-state index in [1.165, 1.54) is 0 Å². The van der Waals surface area contributed by atoms with E-state index in [-0.39, 0.29) is 0 Å². The molecule has 0 unspecified atom stereocenters. The van der Waals surface area contributed by atoms with Crippen LogP contribution in [-0.2, 0) is 19.0 Å². The SMILES string of the molecule is Cc1nn(C)c(COc2c(Br)cccc2CBr)c1Cl. The van der Waals surface area contributed by atoms with Gasteiger partial charge in [-0.25, -0.2) is 0 Å². The number of ether oxygens (including phenoxy) is 1. The standard InChI is InChI=1S/C13H13Br2ClN2O/c1-8-12(16)11(18(2)17-8)7-19-13-9(6-14)4-3-5-10(13)15/h3-5H,6-7H2,1-2H3. The smallest absolute Gasteiger partial charge is 0.138 e. The molecule has 0 N–H and O–H groups in total. The maximum Gasteiger partial charge on any atom is 0.138 e. The molecule has 1 aromatic heterocycles. The zero-order valence-corrected chi connectivity index (χ0v) is 14.5. The average molecular weight is 409 g/mol. The van der Waals surface area contributed by atoms with Gasteiger partial charge in [0.05, 0.1) is 20.9 Å². The highest BCUT2D eigenvalue weighted by molar-refractivity contribution is 9.10. The van der Waals surface area contributed by atoms with Gasteiger partial charge in [0.2, 0.25) is 0 Å². The maximum atomic E-state index is 6.21. The third kappa shape index (κ3) is 3.15. The Morgan fingerprint density at radius 1 is 1.42 bits per heavy atom. The lowest BCUT2D eigenvalue weighted by Crippen LogP contribution is -2.05. The van der Waals surface area contributed by atoms with Crippen LogP contribution >= 0.6 is 43.5 Å². The highest BCUT2D eigenvalue weighted by atomic mass is 79.9. The summed E-state index contributed by atoms with van der Waals surface area (Å²) in [4.78, 5) is 0. The third-order valence-corrected chi connectivity index (χ3v) is 4.53. The molecule has 3 nitrogen and oxygen atoms in total. The highest BCUT2D eigenvalue weighted by Crippen LogP contribution is 2.32. The number of rotatable bonds is 4. The van der Waals surface area contributed by atoms with E-state index in [2.05, 4.69) is 37.0 Å². The molecule has 0 atom stereocenters. The van der Waals surface area contributed by atoms with Crippen LogP contribution in [0.2, 0.25) is 5.02 Å². The van der Waals surface area contributed by atoms with Crippen LogP contribution in [0.15, 0.2) is 22.7 Å². The summed E-state index contributed by atoms with van der Waals surface area (Å²) in [7, 11) is 1.86. The van der Waals surface area contributed by atoms with Crippen molar-refractivity contribution in [2.75, 3.05) is 0 Å². The van der Waals surface area contributed by atoms with Crippen molar-refractivity contribution >= 4 is 43.5 Å². The second kappa shape index (κ2) is 6.29. The van der Waals surface area contributed by atoms with Gasteiger partial charge in [-0.05, 0) is 28.9 Å². The van der Waals surface area contributed by atoms with Crippen molar-refractivity contribution in [1.82, 2.24) is 9.78 Å². The largest absolute Gasteiger partial charge is 0.486 e. The highest BCUT2D eigenvalue weighted by Gasteiger charge is 2.13. The first-order valence-electron chi connectivity index (χ1n) is 5.68. The predicted molar refractivity (Wildman–Crippen MR) is 84.1 cm³/mol. The minimum absolute atomic E-state index is 0.388. The number of hydrogen-bond acceptors (Lipinski definition) is 2. The van der Waals surface area contributed by atoms with E-state index in [1.54, 1.807) is 4.68 Å². The van der Waals surface area contributed by atoms with Gasteiger partial charge < -0.3 is 4.74 Å². The van der Waals surface area contributed by atoms with Crippen molar-refractivity contribution in [3.05, 3.63) is 44.6 Å². The number of nitrogens with zero attached hydrogens (tertiary/aromatic N) is 2. The molecule has 0 aliphatic carbocycles. The molecular weight excluding hydrogens is 395 g/mol. The van der Waals surface area contributed by atoms with Crippen molar-refractivity contribution in [1.29, 1.82) is 0 Å². The number of halogens is 3. The quantitative estimate of drug-likeness (QED) is 0.691. The van der Waals surface area contributed by atoms with Crippen LogP contribution in [0.1, 0.15) is 17.0 Å². The van der Waals surface area contributed by atoms with Gasteiger partial charge in [0.25, 0.3) is 0 Å². The van der Waals surface area contributed by atoms with Gasteiger partial charge in [0.15, 0.2) is 0 Å². The average Bonchev–Trinajstić information content (AvgIpc) is 2.62. The van der Waals surface area contributed by atoms with E-state index >= 15 is 0 Å². The molecule has 2 rings (SSSR count). The molecule has 0 aliphatic heterocycles. The van der Waals surface area contributed by atoms with Crippen LogP contribution in [0.4, 0.5) is 0 Å². The molecule has 6 heteroatoms. The second-order valence-electron chi connectivity index (χ2n) is 4.12. The number of para-hydroxylation sites is 1. The molecule has 1 heterocycles. The molecular formula is C13H13Br2ClN2O. The summed E-state index contributed by atoms with van der Waals surface area (Å²) in [6, 6.07) is 5.96. The summed E-state index contributed by atoms with van der Waals surface area (Å²) in [5, 5.41) is 5.67. The molecule has 0 bridgehead atoms. The van der Waals surface area contributed by atoms with Crippen LogP contribution in [0.25, 0.3) is 0 Å². The van der Waals surface area contributed by atoms with Crippen LogP contribution in [0.5, 0.6) is 5.75 Å². The third-order valence-electron chi connectivity index (χ3n) is 2.81. The van der Waals surface area contributed by atoms with Crippen molar-refractivity contribution in [2.24, 2.45) is 7.05 Å². The molecule has 0 saturated heterocycles. The lowest BCUT2D eigenvalue weighted by Gasteiger charge is -2.12. The summed E-state index contributed by atoms with van der Waals surface area (Å²) >= 11 is 13.2. The first kappa shape index (κ1) is 14.9. The van der Waals surface area contributed by atoms with E-state index in [0.29, 0.717) is 11.6 Å². The first-order valence-corrected chi connectivity index (χ1v) is 7.98. The van der Waals surface area contributed by atoms with Gasteiger partial charge in [0.1, 0.15) is 12.4 Å². The zero-order valence-electron chi connectivity index (χ0n) is 10.6. The fourth-order valence-corrected chi connectivity index (χ4v) is 2.98.